The Labute approximate surface area is 118 Å². The fourth-order valence-electron chi connectivity index (χ4n) is 2.62. The van der Waals surface area contributed by atoms with Crippen LogP contribution in [0.5, 0.6) is 0 Å². The number of halogens is 2. The maximum atomic E-state index is 12.6. The number of likely N-dealkylation sites (tertiary alicyclic amines) is 1. The zero-order valence-electron chi connectivity index (χ0n) is 10.6. The first-order valence-electron chi connectivity index (χ1n) is 6.28. The molecule has 1 heterocycles. The van der Waals surface area contributed by atoms with Crippen molar-refractivity contribution in [2.75, 3.05) is 0 Å². The van der Waals surface area contributed by atoms with E-state index in [1.165, 1.54) is 6.42 Å². The zero-order chi connectivity index (χ0) is 13.3. The predicted octanol–water partition coefficient (Wildman–Crippen LogP) is 4.40. The average molecular weight is 286 g/mol. The molecule has 0 N–H and O–H groups in total. The Morgan fingerprint density at radius 3 is 2.39 bits per heavy atom. The quantitative estimate of drug-likeness (QED) is 0.749. The molecule has 1 saturated heterocycles. The third kappa shape index (κ3) is 2.65. The minimum Gasteiger partial charge on any atom is -0.333 e. The van der Waals surface area contributed by atoms with Crippen LogP contribution >= 0.6 is 23.2 Å². The standard InChI is InChI=1S/C14H17Cl2NO/c1-9-4-3-5-10(2)17(9)14(18)12-7-6-11(15)8-13(12)16/h6-10H,3-5H2,1-2H3. The molecular weight excluding hydrogens is 269 g/mol. The molecule has 0 saturated carbocycles. The first-order chi connectivity index (χ1) is 8.50. The molecule has 2 unspecified atom stereocenters. The summed E-state index contributed by atoms with van der Waals surface area (Å²) < 4.78 is 0. The first-order valence-corrected chi connectivity index (χ1v) is 7.04. The lowest BCUT2D eigenvalue weighted by Gasteiger charge is -2.39. The summed E-state index contributed by atoms with van der Waals surface area (Å²) in [5.41, 5.74) is 0.543. The number of carbonyl (C=O) groups is 1. The summed E-state index contributed by atoms with van der Waals surface area (Å²) in [6.45, 7) is 4.19. The molecule has 2 atom stereocenters. The second kappa shape index (κ2) is 5.50. The van der Waals surface area contributed by atoms with Crippen LogP contribution in [0, 0.1) is 0 Å². The molecule has 0 spiro atoms. The minimum atomic E-state index is 0.0105. The highest BCUT2D eigenvalue weighted by Gasteiger charge is 2.30. The lowest BCUT2D eigenvalue weighted by atomic mass is 9.96. The van der Waals surface area contributed by atoms with Crippen molar-refractivity contribution in [2.24, 2.45) is 0 Å². The summed E-state index contributed by atoms with van der Waals surface area (Å²) >= 11 is 12.0. The van der Waals surface area contributed by atoms with E-state index < -0.39 is 0 Å². The number of amides is 1. The zero-order valence-corrected chi connectivity index (χ0v) is 12.1. The van der Waals surface area contributed by atoms with E-state index in [9.17, 15) is 4.79 Å². The van der Waals surface area contributed by atoms with E-state index >= 15 is 0 Å². The molecule has 2 nitrogen and oxygen atoms in total. The van der Waals surface area contributed by atoms with E-state index in [4.69, 9.17) is 23.2 Å². The molecule has 0 aliphatic carbocycles. The summed E-state index contributed by atoms with van der Waals surface area (Å²) in [7, 11) is 0. The van der Waals surface area contributed by atoms with Gasteiger partial charge in [0.1, 0.15) is 0 Å². The fraction of sp³-hybridized carbons (Fsp3) is 0.500. The van der Waals surface area contributed by atoms with Gasteiger partial charge in [0.05, 0.1) is 10.6 Å². The summed E-state index contributed by atoms with van der Waals surface area (Å²) in [6, 6.07) is 5.58. The first kappa shape index (κ1) is 13.7. The Morgan fingerprint density at radius 2 is 1.83 bits per heavy atom. The minimum absolute atomic E-state index is 0.0105. The third-order valence-corrected chi connectivity index (χ3v) is 4.14. The lowest BCUT2D eigenvalue weighted by Crippen LogP contribution is -2.47. The van der Waals surface area contributed by atoms with Gasteiger partial charge >= 0.3 is 0 Å². The fourth-order valence-corrected chi connectivity index (χ4v) is 3.11. The molecule has 1 aliphatic rings. The van der Waals surface area contributed by atoms with Crippen LogP contribution in [0.3, 0.4) is 0 Å². The molecule has 0 bridgehead atoms. The highest BCUT2D eigenvalue weighted by atomic mass is 35.5. The van der Waals surface area contributed by atoms with Gasteiger partial charge in [0.2, 0.25) is 0 Å². The smallest absolute Gasteiger partial charge is 0.255 e. The van der Waals surface area contributed by atoms with E-state index in [1.54, 1.807) is 18.2 Å². The van der Waals surface area contributed by atoms with Crippen LogP contribution in [-0.2, 0) is 0 Å². The van der Waals surface area contributed by atoms with Crippen LogP contribution in [0.15, 0.2) is 18.2 Å². The number of nitrogens with zero attached hydrogens (tertiary/aromatic N) is 1. The van der Waals surface area contributed by atoms with Crippen molar-refractivity contribution >= 4 is 29.1 Å². The van der Waals surface area contributed by atoms with Crippen LogP contribution in [0.25, 0.3) is 0 Å². The van der Waals surface area contributed by atoms with Gasteiger partial charge < -0.3 is 4.90 Å². The summed E-state index contributed by atoms with van der Waals surface area (Å²) in [5, 5.41) is 0.980. The van der Waals surface area contributed by atoms with Gasteiger partial charge in [-0.15, -0.1) is 0 Å². The Morgan fingerprint density at radius 1 is 1.22 bits per heavy atom. The van der Waals surface area contributed by atoms with Gasteiger partial charge in [0.25, 0.3) is 5.91 Å². The number of rotatable bonds is 1. The van der Waals surface area contributed by atoms with Crippen molar-refractivity contribution < 1.29 is 4.79 Å². The molecule has 1 aromatic rings. The second-order valence-corrected chi connectivity index (χ2v) is 5.81. The molecule has 2 rings (SSSR count). The summed E-state index contributed by atoms with van der Waals surface area (Å²) in [4.78, 5) is 14.5. The van der Waals surface area contributed by atoms with Crippen LogP contribution in [-0.4, -0.2) is 22.9 Å². The highest BCUT2D eigenvalue weighted by molar-refractivity contribution is 6.36. The van der Waals surface area contributed by atoms with Crippen molar-refractivity contribution in [1.82, 2.24) is 4.90 Å². The molecule has 1 amide bonds. The highest BCUT2D eigenvalue weighted by Crippen LogP contribution is 2.28. The monoisotopic (exact) mass is 285 g/mol. The van der Waals surface area contributed by atoms with E-state index in [0.29, 0.717) is 15.6 Å². The van der Waals surface area contributed by atoms with E-state index in [0.717, 1.165) is 12.8 Å². The largest absolute Gasteiger partial charge is 0.333 e. The Balaban J connectivity index is 2.29. The van der Waals surface area contributed by atoms with Gasteiger partial charge in [0.15, 0.2) is 0 Å². The number of carbonyl (C=O) groups excluding carboxylic acids is 1. The van der Waals surface area contributed by atoms with Crippen molar-refractivity contribution in [3.63, 3.8) is 0 Å². The van der Waals surface area contributed by atoms with Crippen molar-refractivity contribution in [3.8, 4) is 0 Å². The number of hydrogen-bond donors (Lipinski definition) is 0. The topological polar surface area (TPSA) is 20.3 Å². The Hall–Kier alpha value is -0.730. The van der Waals surface area contributed by atoms with Gasteiger partial charge in [-0.3, -0.25) is 4.79 Å². The van der Waals surface area contributed by atoms with Crippen LogP contribution in [0.2, 0.25) is 10.0 Å². The summed E-state index contributed by atoms with van der Waals surface area (Å²) in [6.07, 6.45) is 3.29. The van der Waals surface area contributed by atoms with Gasteiger partial charge in [-0.1, -0.05) is 23.2 Å². The molecule has 18 heavy (non-hydrogen) atoms. The number of piperidine rings is 1. The molecule has 1 aromatic carbocycles. The van der Waals surface area contributed by atoms with Crippen LogP contribution in [0.4, 0.5) is 0 Å². The van der Waals surface area contributed by atoms with E-state index in [2.05, 4.69) is 13.8 Å². The van der Waals surface area contributed by atoms with Crippen molar-refractivity contribution in [2.45, 2.75) is 45.2 Å². The Bertz CT molecular complexity index is 451. The molecule has 1 aliphatic heterocycles. The molecular formula is C14H17Cl2NO. The normalized spacial score (nSPS) is 24.1. The van der Waals surface area contributed by atoms with E-state index in [1.807, 2.05) is 4.90 Å². The van der Waals surface area contributed by atoms with Crippen LogP contribution in [0.1, 0.15) is 43.5 Å². The lowest BCUT2D eigenvalue weighted by molar-refractivity contribution is 0.0511. The third-order valence-electron chi connectivity index (χ3n) is 3.59. The maximum Gasteiger partial charge on any atom is 0.255 e. The summed E-state index contributed by atoms with van der Waals surface area (Å²) in [5.74, 6) is 0.0105. The van der Waals surface area contributed by atoms with Crippen molar-refractivity contribution in [3.05, 3.63) is 33.8 Å². The second-order valence-electron chi connectivity index (χ2n) is 4.97. The molecule has 98 valence electrons. The van der Waals surface area contributed by atoms with Gasteiger partial charge in [-0.25, -0.2) is 0 Å². The molecule has 0 aromatic heterocycles. The number of benzene rings is 1. The SMILES string of the molecule is CC1CCCC(C)N1C(=O)c1ccc(Cl)cc1Cl. The van der Waals surface area contributed by atoms with Crippen molar-refractivity contribution in [1.29, 1.82) is 0 Å². The average Bonchev–Trinajstić information content (AvgIpc) is 2.28. The predicted molar refractivity (Wildman–Crippen MR) is 75.4 cm³/mol. The van der Waals surface area contributed by atoms with E-state index in [-0.39, 0.29) is 18.0 Å². The molecule has 4 heteroatoms. The van der Waals surface area contributed by atoms with Crippen LogP contribution < -0.4 is 0 Å². The molecule has 1 fully saturated rings. The van der Waals surface area contributed by atoms with Gasteiger partial charge in [-0.2, -0.15) is 0 Å². The number of hydrogen-bond acceptors (Lipinski definition) is 1. The molecule has 0 radical (unpaired) electrons. The van der Waals surface area contributed by atoms with Gasteiger partial charge in [0, 0.05) is 17.1 Å². The Kier molecular flexibility index (Phi) is 4.18. The maximum absolute atomic E-state index is 12.6. The van der Waals surface area contributed by atoms with Gasteiger partial charge in [-0.05, 0) is 51.3 Å².